The van der Waals surface area contributed by atoms with Crippen molar-refractivity contribution in [1.82, 2.24) is 0 Å². The fourth-order valence-electron chi connectivity index (χ4n) is 1.70. The average Bonchev–Trinajstić information content (AvgIpc) is 2.44. The van der Waals surface area contributed by atoms with E-state index in [9.17, 15) is 23.9 Å². The monoisotopic (exact) mass is 430 g/mol. The van der Waals surface area contributed by atoms with Crippen LogP contribution in [0.5, 0.6) is 0 Å². The van der Waals surface area contributed by atoms with Crippen LogP contribution in [0.25, 0.3) is 0 Å². The summed E-state index contributed by atoms with van der Waals surface area (Å²) in [5, 5.41) is 7.46. The summed E-state index contributed by atoms with van der Waals surface area (Å²) in [6, 6.07) is 11.2. The predicted molar refractivity (Wildman–Crippen MR) is 78.1 cm³/mol. The van der Waals surface area contributed by atoms with Crippen LogP contribution in [0.1, 0.15) is 0 Å². The molecule has 4 N–H and O–H groups in total. The van der Waals surface area contributed by atoms with Gasteiger partial charge in [-0.3, -0.25) is 0 Å². The summed E-state index contributed by atoms with van der Waals surface area (Å²) >= 11 is -10.3. The first kappa shape index (κ1) is 17.0. The topological polar surface area (TPSA) is 140 Å². The van der Waals surface area contributed by atoms with E-state index in [-0.39, 0.29) is 20.1 Å². The van der Waals surface area contributed by atoms with E-state index in [1.165, 1.54) is 48.5 Å². The summed E-state index contributed by atoms with van der Waals surface area (Å²) in [5.41, 5.74) is -0.0781. The first-order valence-electron chi connectivity index (χ1n) is 5.91. The van der Waals surface area contributed by atoms with Gasteiger partial charge in [0, 0.05) is 0 Å². The molecule has 0 saturated carbocycles. The van der Waals surface area contributed by atoms with Crippen LogP contribution >= 0.6 is 0 Å². The van der Waals surface area contributed by atoms with E-state index in [0.29, 0.717) is 0 Å². The first-order valence-corrected chi connectivity index (χ1v) is 12.7. The molecule has 0 amide bonds. The number of azo groups is 1. The molecule has 2 aromatic carbocycles. The molecule has 0 aliphatic carbocycles. The summed E-state index contributed by atoms with van der Waals surface area (Å²) in [7, 11) is 0. The molecule has 0 aromatic heterocycles. The Hall–Kier alpha value is -1.40. The van der Waals surface area contributed by atoms with Crippen LogP contribution in [0.4, 0.5) is 11.4 Å². The van der Waals surface area contributed by atoms with Gasteiger partial charge in [-0.05, 0) is 0 Å². The van der Waals surface area contributed by atoms with Crippen LogP contribution in [0.15, 0.2) is 58.8 Å². The zero-order valence-electron chi connectivity index (χ0n) is 11.0. The molecular formula is C12H12As2N2O6. The number of hydrogen-bond acceptors (Lipinski definition) is 4. The van der Waals surface area contributed by atoms with E-state index < -0.39 is 28.3 Å². The van der Waals surface area contributed by atoms with Gasteiger partial charge in [0.05, 0.1) is 0 Å². The molecule has 0 radical (unpaired) electrons. The zero-order chi connectivity index (χ0) is 16.4. The normalized spacial score (nSPS) is 12.7. The quantitative estimate of drug-likeness (QED) is 0.371. The van der Waals surface area contributed by atoms with Crippen molar-refractivity contribution in [3.8, 4) is 0 Å². The minimum absolute atomic E-state index is 0.0391. The molecule has 0 aliphatic heterocycles. The predicted octanol–water partition coefficient (Wildman–Crippen LogP) is -0.776. The maximum atomic E-state index is 11.4. The number of benzene rings is 2. The van der Waals surface area contributed by atoms with Gasteiger partial charge in [0.25, 0.3) is 0 Å². The Labute approximate surface area is 131 Å². The number of rotatable bonds is 4. The van der Waals surface area contributed by atoms with Crippen molar-refractivity contribution >= 4 is 48.4 Å². The maximum absolute atomic E-state index is 11.4. The molecule has 8 nitrogen and oxygen atoms in total. The Morgan fingerprint density at radius 1 is 0.636 bits per heavy atom. The van der Waals surface area contributed by atoms with Crippen molar-refractivity contribution in [2.45, 2.75) is 0 Å². The van der Waals surface area contributed by atoms with Crippen LogP contribution in [-0.2, 0) is 7.48 Å². The molecular weight excluding hydrogens is 418 g/mol. The molecule has 0 spiro atoms. The van der Waals surface area contributed by atoms with Crippen molar-refractivity contribution in [3.63, 3.8) is 0 Å². The molecule has 10 heteroatoms. The third-order valence-corrected chi connectivity index (χ3v) is 6.88. The van der Waals surface area contributed by atoms with Crippen molar-refractivity contribution in [3.05, 3.63) is 48.5 Å². The molecule has 0 fully saturated rings. The van der Waals surface area contributed by atoms with Gasteiger partial charge >= 0.3 is 131 Å². The molecule has 116 valence electrons. The molecule has 2 aromatic rings. The summed E-state index contributed by atoms with van der Waals surface area (Å²) in [6.07, 6.45) is 0. The van der Waals surface area contributed by atoms with E-state index in [2.05, 4.69) is 10.2 Å². The molecule has 0 atom stereocenters. The standard InChI is InChI=1S/C12H12As2N2O6/c17-13(18,19)9-5-1-3-7-11(9)15-16-12-8-4-2-6-10(12)14(20,21)22/h1-8H,(H2,17,18,19)(H2,20,21,22). The fraction of sp³-hybridized carbons (Fsp3) is 0. The Morgan fingerprint density at radius 3 is 1.27 bits per heavy atom. The van der Waals surface area contributed by atoms with Crippen LogP contribution in [0, 0.1) is 0 Å². The minimum atomic E-state index is -5.17. The van der Waals surface area contributed by atoms with E-state index >= 15 is 0 Å². The van der Waals surface area contributed by atoms with E-state index in [4.69, 9.17) is 0 Å². The molecule has 0 saturated heterocycles. The van der Waals surface area contributed by atoms with Gasteiger partial charge < -0.3 is 0 Å². The summed E-state index contributed by atoms with van der Waals surface area (Å²) in [4.78, 5) is 0. The summed E-state index contributed by atoms with van der Waals surface area (Å²) in [6.45, 7) is 0. The second kappa shape index (κ2) is 6.38. The third kappa shape index (κ3) is 4.07. The van der Waals surface area contributed by atoms with Gasteiger partial charge in [0.1, 0.15) is 0 Å². The zero-order valence-corrected chi connectivity index (χ0v) is 14.8. The van der Waals surface area contributed by atoms with Gasteiger partial charge in [0.15, 0.2) is 0 Å². The van der Waals surface area contributed by atoms with E-state index in [1.807, 2.05) is 0 Å². The average molecular weight is 430 g/mol. The van der Waals surface area contributed by atoms with Gasteiger partial charge in [-0.25, -0.2) is 0 Å². The second-order valence-electron chi connectivity index (χ2n) is 4.27. The summed E-state index contributed by atoms with van der Waals surface area (Å²) < 4.78 is 59.6. The number of nitrogens with zero attached hydrogens (tertiary/aromatic N) is 2. The molecule has 0 bridgehead atoms. The van der Waals surface area contributed by atoms with Gasteiger partial charge in [-0.2, -0.15) is 0 Å². The van der Waals surface area contributed by atoms with Crippen molar-refractivity contribution in [2.24, 2.45) is 10.2 Å². The molecule has 0 heterocycles. The van der Waals surface area contributed by atoms with Gasteiger partial charge in [-0.1, -0.05) is 0 Å². The van der Waals surface area contributed by atoms with E-state index in [0.717, 1.165) is 0 Å². The Morgan fingerprint density at radius 2 is 0.955 bits per heavy atom. The summed E-state index contributed by atoms with van der Waals surface area (Å²) in [5.74, 6) is 0. The molecule has 2 rings (SSSR count). The molecule has 0 unspecified atom stereocenters. The molecule has 0 aliphatic rings. The number of hydrogen-bond donors (Lipinski definition) is 4. The van der Waals surface area contributed by atoms with Crippen molar-refractivity contribution in [1.29, 1.82) is 0 Å². The van der Waals surface area contributed by atoms with Crippen LogP contribution in [0.3, 0.4) is 0 Å². The van der Waals surface area contributed by atoms with Gasteiger partial charge in [0.2, 0.25) is 0 Å². The van der Waals surface area contributed by atoms with Crippen molar-refractivity contribution < 1.29 is 23.9 Å². The second-order valence-corrected chi connectivity index (χ2v) is 10.9. The Bertz CT molecular complexity index is 743. The molecule has 22 heavy (non-hydrogen) atoms. The van der Waals surface area contributed by atoms with Gasteiger partial charge in [-0.15, -0.1) is 0 Å². The first-order chi connectivity index (χ1) is 10.2. The van der Waals surface area contributed by atoms with E-state index in [1.54, 1.807) is 0 Å². The van der Waals surface area contributed by atoms with Crippen molar-refractivity contribution in [2.75, 3.05) is 0 Å². The fourth-order valence-corrected chi connectivity index (χ4v) is 4.63. The van der Waals surface area contributed by atoms with Crippen LogP contribution in [0.2, 0.25) is 0 Å². The van der Waals surface area contributed by atoms with Crippen LogP contribution < -0.4 is 8.70 Å². The SMILES string of the molecule is O=[As](O)(O)c1ccccc1N=Nc1ccccc1[As](=O)(O)O. The Kier molecular flexibility index (Phi) is 4.92. The van der Waals surface area contributed by atoms with Crippen LogP contribution in [-0.4, -0.2) is 44.7 Å². The Balaban J connectivity index is 2.48. The third-order valence-electron chi connectivity index (χ3n) is 2.66.